The average molecular weight is 250 g/mol. The molecule has 1 rings (SSSR count). The monoisotopic (exact) mass is 250 g/mol. The minimum atomic E-state index is -0.122. The van der Waals surface area contributed by atoms with Crippen LogP contribution in [0.2, 0.25) is 0 Å². The van der Waals surface area contributed by atoms with Crippen molar-refractivity contribution >= 4 is 0 Å². The summed E-state index contributed by atoms with van der Waals surface area (Å²) in [5.41, 5.74) is 2.63. The van der Waals surface area contributed by atoms with Crippen LogP contribution < -0.4 is 0 Å². The van der Waals surface area contributed by atoms with Gasteiger partial charge in [0.05, 0.1) is 6.61 Å². The maximum absolute atomic E-state index is 10.3. The lowest BCUT2D eigenvalue weighted by atomic mass is 9.77. The third-order valence-corrected chi connectivity index (χ3v) is 3.84. The summed E-state index contributed by atoms with van der Waals surface area (Å²) in [6, 6.07) is 3.99. The molecule has 1 aromatic rings. The fourth-order valence-corrected chi connectivity index (χ4v) is 1.95. The van der Waals surface area contributed by atoms with E-state index < -0.39 is 0 Å². The predicted octanol–water partition coefficient (Wildman–Crippen LogP) is 3.87. The van der Waals surface area contributed by atoms with Gasteiger partial charge in [0.15, 0.2) is 0 Å². The first-order chi connectivity index (χ1) is 8.13. The number of rotatable bonds is 3. The summed E-state index contributed by atoms with van der Waals surface area (Å²) in [6.45, 7) is 12.7. The highest BCUT2D eigenvalue weighted by atomic mass is 16.3. The maximum Gasteiger partial charge on any atom is 0.124 e. The summed E-state index contributed by atoms with van der Waals surface area (Å²) < 4.78 is 0. The number of hydrogen-bond acceptors (Lipinski definition) is 2. The topological polar surface area (TPSA) is 40.5 Å². The van der Waals surface area contributed by atoms with E-state index in [9.17, 15) is 10.2 Å². The lowest BCUT2D eigenvalue weighted by molar-refractivity contribution is 0.273. The number of benzene rings is 1. The molecular weight excluding hydrogens is 224 g/mol. The van der Waals surface area contributed by atoms with Crippen LogP contribution >= 0.6 is 0 Å². The molecular formula is C16H26O2. The molecule has 2 N–H and O–H groups in total. The lowest BCUT2D eigenvalue weighted by Gasteiger charge is -2.29. The molecule has 0 fully saturated rings. The van der Waals surface area contributed by atoms with Crippen molar-refractivity contribution in [2.75, 3.05) is 0 Å². The summed E-state index contributed by atoms with van der Waals surface area (Å²) in [7, 11) is 0. The van der Waals surface area contributed by atoms with E-state index >= 15 is 0 Å². The van der Waals surface area contributed by atoms with E-state index in [-0.39, 0.29) is 23.2 Å². The quantitative estimate of drug-likeness (QED) is 0.855. The second-order valence-electron chi connectivity index (χ2n) is 6.68. The molecule has 0 radical (unpaired) electrons. The van der Waals surface area contributed by atoms with Crippen molar-refractivity contribution in [3.8, 4) is 5.75 Å². The average Bonchev–Trinajstić information content (AvgIpc) is 2.27. The normalized spacial score (nSPS) is 12.8. The standard InChI is InChI=1S/C16H26O2/c1-7-16(5,6)13-9-12(15(2,3)4)8-11(10-17)14(13)18/h8-9,17-18H,7,10H2,1-6H3. The Morgan fingerprint density at radius 2 is 1.61 bits per heavy atom. The molecule has 0 aliphatic heterocycles. The van der Waals surface area contributed by atoms with Crippen molar-refractivity contribution in [1.82, 2.24) is 0 Å². The van der Waals surface area contributed by atoms with Gasteiger partial charge in [-0.25, -0.2) is 0 Å². The van der Waals surface area contributed by atoms with Crippen molar-refractivity contribution in [3.05, 3.63) is 28.8 Å². The Morgan fingerprint density at radius 1 is 1.06 bits per heavy atom. The molecule has 0 spiro atoms. The van der Waals surface area contributed by atoms with Gasteiger partial charge in [-0.2, -0.15) is 0 Å². The van der Waals surface area contributed by atoms with Gasteiger partial charge in [0.25, 0.3) is 0 Å². The molecule has 2 nitrogen and oxygen atoms in total. The Balaban J connectivity index is 3.51. The summed E-state index contributed by atoms with van der Waals surface area (Å²) in [4.78, 5) is 0. The fraction of sp³-hybridized carbons (Fsp3) is 0.625. The second kappa shape index (κ2) is 4.93. The first kappa shape index (κ1) is 15.0. The van der Waals surface area contributed by atoms with Crippen molar-refractivity contribution in [1.29, 1.82) is 0 Å². The molecule has 0 bridgehead atoms. The Labute approximate surface area is 111 Å². The van der Waals surface area contributed by atoms with Crippen LogP contribution in [0.4, 0.5) is 0 Å². The lowest BCUT2D eigenvalue weighted by Crippen LogP contribution is -2.19. The molecule has 0 saturated heterocycles. The van der Waals surface area contributed by atoms with Gasteiger partial charge in [0, 0.05) is 11.1 Å². The number of phenols is 1. The van der Waals surface area contributed by atoms with E-state index in [1.807, 2.05) is 6.07 Å². The zero-order valence-electron chi connectivity index (χ0n) is 12.5. The zero-order chi connectivity index (χ0) is 14.1. The minimum Gasteiger partial charge on any atom is -0.507 e. The molecule has 0 unspecified atom stereocenters. The molecule has 0 aromatic heterocycles. The van der Waals surface area contributed by atoms with E-state index in [0.717, 1.165) is 17.5 Å². The van der Waals surface area contributed by atoms with Crippen LogP contribution in [0.1, 0.15) is 64.7 Å². The molecule has 0 saturated carbocycles. The molecule has 0 aliphatic carbocycles. The highest BCUT2D eigenvalue weighted by Crippen LogP contribution is 2.39. The number of hydrogen-bond donors (Lipinski definition) is 2. The SMILES string of the molecule is CCC(C)(C)c1cc(C(C)(C)C)cc(CO)c1O. The third kappa shape index (κ3) is 2.86. The van der Waals surface area contributed by atoms with Crippen molar-refractivity contribution < 1.29 is 10.2 Å². The van der Waals surface area contributed by atoms with Gasteiger partial charge >= 0.3 is 0 Å². The van der Waals surface area contributed by atoms with Gasteiger partial charge in [-0.1, -0.05) is 47.6 Å². The molecule has 18 heavy (non-hydrogen) atoms. The van der Waals surface area contributed by atoms with E-state index in [4.69, 9.17) is 0 Å². The minimum absolute atomic E-state index is 0.0101. The summed E-state index contributed by atoms with van der Waals surface area (Å²) >= 11 is 0. The Morgan fingerprint density at radius 3 is 2.00 bits per heavy atom. The van der Waals surface area contributed by atoms with Crippen molar-refractivity contribution in [2.45, 2.75) is 65.4 Å². The van der Waals surface area contributed by atoms with E-state index in [2.05, 4.69) is 47.6 Å². The van der Waals surface area contributed by atoms with Crippen molar-refractivity contribution in [3.63, 3.8) is 0 Å². The highest BCUT2D eigenvalue weighted by Gasteiger charge is 2.26. The molecule has 1 aromatic carbocycles. The summed E-state index contributed by atoms with van der Waals surface area (Å²) in [5, 5.41) is 19.7. The molecule has 2 heteroatoms. The first-order valence-electron chi connectivity index (χ1n) is 6.61. The largest absolute Gasteiger partial charge is 0.507 e. The predicted molar refractivity (Wildman–Crippen MR) is 76.0 cm³/mol. The van der Waals surface area contributed by atoms with Gasteiger partial charge in [0.2, 0.25) is 0 Å². The van der Waals surface area contributed by atoms with Gasteiger partial charge in [0.1, 0.15) is 5.75 Å². The van der Waals surface area contributed by atoms with Crippen LogP contribution in [0, 0.1) is 0 Å². The number of aromatic hydroxyl groups is 1. The second-order valence-corrected chi connectivity index (χ2v) is 6.68. The van der Waals surface area contributed by atoms with E-state index in [1.54, 1.807) is 0 Å². The maximum atomic E-state index is 10.3. The third-order valence-electron chi connectivity index (χ3n) is 3.84. The molecule has 0 amide bonds. The number of aliphatic hydroxyl groups is 1. The first-order valence-corrected chi connectivity index (χ1v) is 6.61. The Kier molecular flexibility index (Phi) is 4.12. The Hall–Kier alpha value is -1.02. The molecule has 0 atom stereocenters. The van der Waals surface area contributed by atoms with Gasteiger partial charge in [-0.3, -0.25) is 0 Å². The van der Waals surface area contributed by atoms with Crippen LogP contribution in [0.15, 0.2) is 12.1 Å². The van der Waals surface area contributed by atoms with Crippen LogP contribution in [0.5, 0.6) is 5.75 Å². The van der Waals surface area contributed by atoms with Gasteiger partial charge < -0.3 is 10.2 Å². The fourth-order valence-electron chi connectivity index (χ4n) is 1.95. The summed E-state index contributed by atoms with van der Waals surface area (Å²) in [5.74, 6) is 0.248. The van der Waals surface area contributed by atoms with Crippen molar-refractivity contribution in [2.24, 2.45) is 0 Å². The molecule has 0 aliphatic rings. The smallest absolute Gasteiger partial charge is 0.124 e. The van der Waals surface area contributed by atoms with Crippen LogP contribution in [0.25, 0.3) is 0 Å². The van der Waals surface area contributed by atoms with E-state index in [0.29, 0.717) is 5.56 Å². The number of aliphatic hydroxyl groups excluding tert-OH is 1. The Bertz CT molecular complexity index is 425. The van der Waals surface area contributed by atoms with E-state index in [1.165, 1.54) is 0 Å². The zero-order valence-corrected chi connectivity index (χ0v) is 12.5. The van der Waals surface area contributed by atoms with Crippen LogP contribution in [0.3, 0.4) is 0 Å². The van der Waals surface area contributed by atoms with Crippen LogP contribution in [-0.2, 0) is 17.4 Å². The highest BCUT2D eigenvalue weighted by molar-refractivity contribution is 5.48. The van der Waals surface area contributed by atoms with Gasteiger partial charge in [-0.05, 0) is 28.9 Å². The molecule has 102 valence electrons. The van der Waals surface area contributed by atoms with Crippen LogP contribution in [-0.4, -0.2) is 10.2 Å². The molecule has 0 heterocycles. The van der Waals surface area contributed by atoms with Gasteiger partial charge in [-0.15, -0.1) is 0 Å². The summed E-state index contributed by atoms with van der Waals surface area (Å²) in [6.07, 6.45) is 0.943.